The maximum absolute atomic E-state index is 11.4. The SMILES string of the molecule is O=C(O)c1cc(-c2ccoc2)nc2cc(Br)ccc12. The van der Waals surface area contributed by atoms with E-state index in [1.807, 2.05) is 0 Å². The monoisotopic (exact) mass is 317 g/mol. The topological polar surface area (TPSA) is 63.3 Å². The molecule has 0 spiro atoms. The molecule has 19 heavy (non-hydrogen) atoms. The van der Waals surface area contributed by atoms with Crippen LogP contribution in [0.5, 0.6) is 0 Å². The maximum Gasteiger partial charge on any atom is 0.336 e. The van der Waals surface area contributed by atoms with E-state index in [4.69, 9.17) is 4.42 Å². The molecular formula is C14H8BrNO3. The summed E-state index contributed by atoms with van der Waals surface area (Å²) < 4.78 is 5.86. The number of furan rings is 1. The van der Waals surface area contributed by atoms with E-state index >= 15 is 0 Å². The first-order chi connectivity index (χ1) is 9.15. The van der Waals surface area contributed by atoms with Gasteiger partial charge in [0.15, 0.2) is 0 Å². The van der Waals surface area contributed by atoms with Gasteiger partial charge in [-0.3, -0.25) is 0 Å². The number of aromatic nitrogens is 1. The van der Waals surface area contributed by atoms with Gasteiger partial charge in [0.05, 0.1) is 29.3 Å². The van der Waals surface area contributed by atoms with Crippen LogP contribution in [0.3, 0.4) is 0 Å². The highest BCUT2D eigenvalue weighted by molar-refractivity contribution is 9.10. The van der Waals surface area contributed by atoms with Crippen LogP contribution in [0, 0.1) is 0 Å². The van der Waals surface area contributed by atoms with Crippen LogP contribution >= 0.6 is 15.9 Å². The summed E-state index contributed by atoms with van der Waals surface area (Å²) in [6.45, 7) is 0. The molecule has 0 amide bonds. The van der Waals surface area contributed by atoms with Gasteiger partial charge >= 0.3 is 5.97 Å². The van der Waals surface area contributed by atoms with E-state index in [-0.39, 0.29) is 5.56 Å². The third-order valence-electron chi connectivity index (χ3n) is 2.82. The molecule has 0 radical (unpaired) electrons. The molecule has 0 aliphatic rings. The molecule has 1 N–H and O–H groups in total. The Morgan fingerprint density at radius 2 is 2.11 bits per heavy atom. The second-order valence-electron chi connectivity index (χ2n) is 4.03. The van der Waals surface area contributed by atoms with Crippen molar-refractivity contribution in [2.45, 2.75) is 0 Å². The minimum Gasteiger partial charge on any atom is -0.478 e. The lowest BCUT2D eigenvalue weighted by molar-refractivity contribution is 0.0699. The van der Waals surface area contributed by atoms with Gasteiger partial charge in [0.2, 0.25) is 0 Å². The highest BCUT2D eigenvalue weighted by atomic mass is 79.9. The average Bonchev–Trinajstić information content (AvgIpc) is 2.90. The Labute approximate surface area is 116 Å². The number of halogens is 1. The van der Waals surface area contributed by atoms with Crippen molar-refractivity contribution in [2.75, 3.05) is 0 Å². The number of fused-ring (bicyclic) bond motifs is 1. The molecule has 0 atom stereocenters. The van der Waals surface area contributed by atoms with Crippen LogP contribution in [0.4, 0.5) is 0 Å². The molecule has 3 aromatic rings. The number of hydrogen-bond acceptors (Lipinski definition) is 3. The number of benzene rings is 1. The standard InChI is InChI=1S/C14H8BrNO3/c15-9-1-2-10-11(14(17)18)6-12(16-13(10)5-9)8-3-4-19-7-8/h1-7H,(H,17,18). The number of aromatic carboxylic acids is 1. The zero-order chi connectivity index (χ0) is 13.4. The fourth-order valence-electron chi connectivity index (χ4n) is 1.94. The van der Waals surface area contributed by atoms with Crippen LogP contribution in [-0.4, -0.2) is 16.1 Å². The van der Waals surface area contributed by atoms with Gasteiger partial charge in [0, 0.05) is 15.4 Å². The Morgan fingerprint density at radius 3 is 2.79 bits per heavy atom. The van der Waals surface area contributed by atoms with E-state index in [1.54, 1.807) is 30.3 Å². The lowest BCUT2D eigenvalue weighted by Gasteiger charge is -2.06. The molecule has 2 aromatic heterocycles. The van der Waals surface area contributed by atoms with Crippen molar-refractivity contribution in [1.29, 1.82) is 0 Å². The van der Waals surface area contributed by atoms with Gasteiger partial charge in [0.25, 0.3) is 0 Å². The van der Waals surface area contributed by atoms with Gasteiger partial charge in [0.1, 0.15) is 0 Å². The van der Waals surface area contributed by atoms with E-state index < -0.39 is 5.97 Å². The third kappa shape index (κ3) is 2.13. The molecule has 0 aliphatic heterocycles. The first-order valence-corrected chi connectivity index (χ1v) is 6.30. The van der Waals surface area contributed by atoms with E-state index in [9.17, 15) is 9.90 Å². The van der Waals surface area contributed by atoms with Crippen LogP contribution in [0.25, 0.3) is 22.2 Å². The van der Waals surface area contributed by atoms with E-state index in [2.05, 4.69) is 20.9 Å². The summed E-state index contributed by atoms with van der Waals surface area (Å²) in [7, 11) is 0. The summed E-state index contributed by atoms with van der Waals surface area (Å²) in [5.41, 5.74) is 2.19. The van der Waals surface area contributed by atoms with Gasteiger partial charge < -0.3 is 9.52 Å². The normalized spacial score (nSPS) is 10.8. The summed E-state index contributed by atoms with van der Waals surface area (Å²) >= 11 is 3.36. The van der Waals surface area contributed by atoms with Crippen molar-refractivity contribution < 1.29 is 14.3 Å². The molecule has 0 aliphatic carbocycles. The zero-order valence-electron chi connectivity index (χ0n) is 9.63. The Kier molecular flexibility index (Phi) is 2.83. The zero-order valence-corrected chi connectivity index (χ0v) is 11.2. The largest absolute Gasteiger partial charge is 0.478 e. The maximum atomic E-state index is 11.4. The smallest absolute Gasteiger partial charge is 0.336 e. The van der Waals surface area contributed by atoms with E-state index in [0.29, 0.717) is 16.6 Å². The van der Waals surface area contributed by atoms with Gasteiger partial charge in [-0.1, -0.05) is 22.0 Å². The number of carbonyl (C=O) groups is 1. The number of pyridine rings is 1. The highest BCUT2D eigenvalue weighted by Crippen LogP contribution is 2.27. The lowest BCUT2D eigenvalue weighted by atomic mass is 10.1. The molecular weight excluding hydrogens is 310 g/mol. The summed E-state index contributed by atoms with van der Waals surface area (Å²) in [5.74, 6) is -0.973. The van der Waals surface area contributed by atoms with Crippen molar-refractivity contribution in [1.82, 2.24) is 4.98 Å². The van der Waals surface area contributed by atoms with E-state index in [0.717, 1.165) is 10.0 Å². The second-order valence-corrected chi connectivity index (χ2v) is 4.95. The van der Waals surface area contributed by atoms with Gasteiger partial charge in [-0.25, -0.2) is 9.78 Å². The molecule has 3 rings (SSSR count). The fourth-order valence-corrected chi connectivity index (χ4v) is 2.29. The molecule has 0 bridgehead atoms. The molecule has 0 saturated heterocycles. The van der Waals surface area contributed by atoms with Crippen LogP contribution in [0.2, 0.25) is 0 Å². The molecule has 4 nitrogen and oxygen atoms in total. The van der Waals surface area contributed by atoms with Crippen LogP contribution in [0.1, 0.15) is 10.4 Å². The van der Waals surface area contributed by atoms with Crippen molar-refractivity contribution in [3.05, 3.63) is 52.9 Å². The predicted molar refractivity (Wildman–Crippen MR) is 74.1 cm³/mol. The number of rotatable bonds is 2. The molecule has 0 fully saturated rings. The molecule has 1 aromatic carbocycles. The summed E-state index contributed by atoms with van der Waals surface area (Å²) in [5, 5.41) is 9.93. The van der Waals surface area contributed by atoms with Crippen molar-refractivity contribution in [3.8, 4) is 11.3 Å². The second kappa shape index (κ2) is 4.51. The molecule has 0 saturated carbocycles. The van der Waals surface area contributed by atoms with Crippen molar-refractivity contribution in [2.24, 2.45) is 0 Å². The van der Waals surface area contributed by atoms with Crippen LogP contribution in [-0.2, 0) is 0 Å². The van der Waals surface area contributed by atoms with Crippen LogP contribution in [0.15, 0.2) is 51.7 Å². The number of carboxylic acid groups (broad SMARTS) is 1. The minimum absolute atomic E-state index is 0.230. The number of nitrogens with zero attached hydrogens (tertiary/aromatic N) is 1. The first kappa shape index (κ1) is 11.9. The summed E-state index contributed by atoms with van der Waals surface area (Å²) in [6, 6.07) is 8.65. The minimum atomic E-state index is -0.973. The Balaban J connectivity index is 2.34. The predicted octanol–water partition coefficient (Wildman–Crippen LogP) is 3.96. The summed E-state index contributed by atoms with van der Waals surface area (Å²) in [4.78, 5) is 15.8. The Morgan fingerprint density at radius 1 is 1.26 bits per heavy atom. The highest BCUT2D eigenvalue weighted by Gasteiger charge is 2.13. The van der Waals surface area contributed by atoms with Crippen molar-refractivity contribution in [3.63, 3.8) is 0 Å². The molecule has 0 unspecified atom stereocenters. The molecule has 2 heterocycles. The number of hydrogen-bond donors (Lipinski definition) is 1. The van der Waals surface area contributed by atoms with Gasteiger partial charge in [-0.05, 0) is 24.3 Å². The third-order valence-corrected chi connectivity index (χ3v) is 3.31. The number of carboxylic acids is 1. The lowest BCUT2D eigenvalue weighted by Crippen LogP contribution is -2.00. The fraction of sp³-hybridized carbons (Fsp3) is 0. The van der Waals surface area contributed by atoms with Crippen molar-refractivity contribution >= 4 is 32.8 Å². The van der Waals surface area contributed by atoms with Gasteiger partial charge in [-0.15, -0.1) is 0 Å². The summed E-state index contributed by atoms with van der Waals surface area (Å²) in [6.07, 6.45) is 3.07. The Hall–Kier alpha value is -2.14. The quantitative estimate of drug-likeness (QED) is 0.777. The van der Waals surface area contributed by atoms with E-state index in [1.165, 1.54) is 12.5 Å². The molecule has 5 heteroatoms. The first-order valence-electron chi connectivity index (χ1n) is 5.51. The average molecular weight is 318 g/mol. The van der Waals surface area contributed by atoms with Gasteiger partial charge in [-0.2, -0.15) is 0 Å². The molecule has 94 valence electrons. The Bertz CT molecular complexity index is 766. The van der Waals surface area contributed by atoms with Crippen LogP contribution < -0.4 is 0 Å².